The van der Waals surface area contributed by atoms with E-state index in [1.54, 1.807) is 0 Å². The van der Waals surface area contributed by atoms with Crippen LogP contribution in [0.5, 0.6) is 0 Å². The van der Waals surface area contributed by atoms with E-state index in [0.717, 1.165) is 5.92 Å². The van der Waals surface area contributed by atoms with Crippen molar-refractivity contribution in [2.45, 2.75) is 32.1 Å². The summed E-state index contributed by atoms with van der Waals surface area (Å²) < 4.78 is 0. The summed E-state index contributed by atoms with van der Waals surface area (Å²) in [5.74, 6) is 3.88. The Hall–Kier alpha value is -0.440. The Morgan fingerprint density at radius 1 is 1.44 bits per heavy atom. The van der Waals surface area contributed by atoms with Crippen molar-refractivity contribution < 1.29 is 0 Å². The van der Waals surface area contributed by atoms with Gasteiger partial charge >= 0.3 is 0 Å². The van der Waals surface area contributed by atoms with Crippen LogP contribution in [0.3, 0.4) is 0 Å². The molecular weight excluding hydrogens is 108 g/mol. The van der Waals surface area contributed by atoms with Crippen LogP contribution in [0.15, 0.2) is 0 Å². The fraction of sp³-hybridized carbons (Fsp3) is 0.778. The smallest absolute Gasteiger partial charge is 0.0343 e. The van der Waals surface area contributed by atoms with Gasteiger partial charge in [-0.3, -0.25) is 0 Å². The van der Waals surface area contributed by atoms with E-state index >= 15 is 0 Å². The van der Waals surface area contributed by atoms with Crippen LogP contribution in [0, 0.1) is 23.7 Å². The van der Waals surface area contributed by atoms with Gasteiger partial charge < -0.3 is 0 Å². The Morgan fingerprint density at radius 3 is 2.89 bits per heavy atom. The Bertz CT molecular complexity index is 163. The van der Waals surface area contributed by atoms with E-state index in [2.05, 4.69) is 5.92 Å². The molecule has 0 nitrogen and oxygen atoms in total. The molecule has 0 N–H and O–H groups in total. The van der Waals surface area contributed by atoms with Gasteiger partial charge in [0.1, 0.15) is 0 Å². The lowest BCUT2D eigenvalue weighted by Gasteiger charge is -2.14. The van der Waals surface area contributed by atoms with Crippen molar-refractivity contribution in [3.63, 3.8) is 0 Å². The van der Waals surface area contributed by atoms with Gasteiger partial charge in [-0.25, -0.2) is 0 Å². The molecule has 2 saturated carbocycles. The predicted molar refractivity (Wildman–Crippen MR) is 37.8 cm³/mol. The van der Waals surface area contributed by atoms with Crippen molar-refractivity contribution >= 4 is 0 Å². The minimum atomic E-state index is 0.415. The summed E-state index contributed by atoms with van der Waals surface area (Å²) in [7, 11) is 0. The largest absolute Gasteiger partial charge is 0.120 e. The molecule has 0 heteroatoms. The molecule has 0 aliphatic heterocycles. The van der Waals surface area contributed by atoms with Crippen LogP contribution in [0.2, 0.25) is 0 Å². The molecule has 2 atom stereocenters. The van der Waals surface area contributed by atoms with E-state index in [4.69, 9.17) is 6.42 Å². The van der Waals surface area contributed by atoms with Gasteiger partial charge in [0, 0.05) is 5.41 Å². The molecule has 0 radical (unpaired) electrons. The zero-order valence-electron chi connectivity index (χ0n) is 5.69. The van der Waals surface area contributed by atoms with Gasteiger partial charge in [0.25, 0.3) is 0 Å². The molecule has 48 valence electrons. The monoisotopic (exact) mass is 120 g/mol. The molecule has 9 heavy (non-hydrogen) atoms. The van der Waals surface area contributed by atoms with E-state index < -0.39 is 0 Å². The number of hydrogen-bond donors (Lipinski definition) is 0. The summed E-state index contributed by atoms with van der Waals surface area (Å²) in [6, 6.07) is 0. The van der Waals surface area contributed by atoms with Gasteiger partial charge in [-0.1, -0.05) is 18.8 Å². The summed E-state index contributed by atoms with van der Waals surface area (Å²) in [6.07, 6.45) is 12.3. The molecule has 2 unspecified atom stereocenters. The highest BCUT2D eigenvalue weighted by atomic mass is 14.6. The summed E-state index contributed by atoms with van der Waals surface area (Å²) in [5.41, 5.74) is 0.415. The molecule has 0 bridgehead atoms. The summed E-state index contributed by atoms with van der Waals surface area (Å²) in [6.45, 7) is 0. The van der Waals surface area contributed by atoms with Crippen LogP contribution in [0.4, 0.5) is 0 Å². The fourth-order valence-electron chi connectivity index (χ4n) is 2.15. The summed E-state index contributed by atoms with van der Waals surface area (Å²) >= 11 is 0. The Morgan fingerprint density at radius 2 is 2.33 bits per heavy atom. The van der Waals surface area contributed by atoms with Gasteiger partial charge in [0.05, 0.1) is 0 Å². The summed E-state index contributed by atoms with van der Waals surface area (Å²) in [4.78, 5) is 0. The van der Waals surface area contributed by atoms with E-state index in [1.165, 1.54) is 32.1 Å². The van der Waals surface area contributed by atoms with E-state index in [9.17, 15) is 0 Å². The van der Waals surface area contributed by atoms with Crippen LogP contribution in [0.25, 0.3) is 0 Å². The molecule has 2 rings (SSSR count). The Kier molecular flexibility index (Phi) is 0.913. The standard InChI is InChI=1S/C9H12/c1-2-9-6-4-3-5-8(9)7-9/h1,8H,3-7H2. The second kappa shape index (κ2) is 1.53. The van der Waals surface area contributed by atoms with Crippen LogP contribution >= 0.6 is 0 Å². The maximum atomic E-state index is 5.43. The lowest BCUT2D eigenvalue weighted by molar-refractivity contribution is 0.415. The van der Waals surface area contributed by atoms with Crippen LogP contribution in [-0.2, 0) is 0 Å². The molecule has 0 aromatic rings. The molecule has 0 saturated heterocycles. The van der Waals surface area contributed by atoms with E-state index in [-0.39, 0.29) is 0 Å². The van der Waals surface area contributed by atoms with E-state index in [1.807, 2.05) is 0 Å². The van der Waals surface area contributed by atoms with Gasteiger partial charge in [0.15, 0.2) is 0 Å². The molecule has 0 amide bonds. The minimum Gasteiger partial charge on any atom is -0.120 e. The molecule has 0 aromatic heterocycles. The second-order valence-corrected chi connectivity index (χ2v) is 3.45. The fourth-order valence-corrected chi connectivity index (χ4v) is 2.15. The molecule has 2 aliphatic rings. The topological polar surface area (TPSA) is 0 Å². The zero-order valence-corrected chi connectivity index (χ0v) is 5.69. The first-order valence-corrected chi connectivity index (χ1v) is 3.85. The first-order chi connectivity index (χ1) is 4.37. The van der Waals surface area contributed by atoms with Crippen molar-refractivity contribution in [1.29, 1.82) is 0 Å². The Balaban J connectivity index is 2.11. The maximum absolute atomic E-state index is 5.43. The van der Waals surface area contributed by atoms with Crippen LogP contribution in [0.1, 0.15) is 32.1 Å². The highest BCUT2D eigenvalue weighted by molar-refractivity contribution is 5.20. The third-order valence-electron chi connectivity index (χ3n) is 2.94. The molecule has 2 aliphatic carbocycles. The number of terminal acetylenes is 1. The normalized spacial score (nSPS) is 47.2. The highest BCUT2D eigenvalue weighted by Crippen LogP contribution is 2.60. The summed E-state index contributed by atoms with van der Waals surface area (Å²) in [5, 5.41) is 0. The van der Waals surface area contributed by atoms with Gasteiger partial charge in [-0.2, -0.15) is 0 Å². The van der Waals surface area contributed by atoms with Crippen molar-refractivity contribution in [3.05, 3.63) is 0 Å². The van der Waals surface area contributed by atoms with Gasteiger partial charge in [0.2, 0.25) is 0 Å². The van der Waals surface area contributed by atoms with Crippen LogP contribution < -0.4 is 0 Å². The van der Waals surface area contributed by atoms with Crippen LogP contribution in [-0.4, -0.2) is 0 Å². The van der Waals surface area contributed by atoms with Gasteiger partial charge in [-0.15, -0.1) is 6.42 Å². The predicted octanol–water partition coefficient (Wildman–Crippen LogP) is 2.20. The first-order valence-electron chi connectivity index (χ1n) is 3.85. The highest BCUT2D eigenvalue weighted by Gasteiger charge is 2.53. The molecular formula is C9H12. The third-order valence-corrected chi connectivity index (χ3v) is 2.94. The SMILES string of the molecule is C#CC12CCCCC1C2. The van der Waals surface area contributed by atoms with Crippen molar-refractivity contribution in [2.24, 2.45) is 11.3 Å². The lowest BCUT2D eigenvalue weighted by Crippen LogP contribution is -2.05. The minimum absolute atomic E-state index is 0.415. The number of rotatable bonds is 0. The molecule has 0 aromatic carbocycles. The number of fused-ring (bicyclic) bond motifs is 1. The Labute approximate surface area is 56.6 Å². The van der Waals surface area contributed by atoms with Gasteiger partial charge in [-0.05, 0) is 25.2 Å². The third kappa shape index (κ3) is 0.611. The first kappa shape index (κ1) is 5.35. The lowest BCUT2D eigenvalue weighted by atomic mass is 9.89. The molecule has 2 fully saturated rings. The second-order valence-electron chi connectivity index (χ2n) is 3.45. The molecule has 0 heterocycles. The van der Waals surface area contributed by atoms with Crippen molar-refractivity contribution in [1.82, 2.24) is 0 Å². The molecule has 0 spiro atoms. The average Bonchev–Trinajstić information content (AvgIpc) is 2.62. The maximum Gasteiger partial charge on any atom is 0.0343 e. The van der Waals surface area contributed by atoms with Crippen molar-refractivity contribution in [2.75, 3.05) is 0 Å². The van der Waals surface area contributed by atoms with Crippen molar-refractivity contribution in [3.8, 4) is 12.3 Å². The number of hydrogen-bond acceptors (Lipinski definition) is 0. The average molecular weight is 120 g/mol. The zero-order chi connectivity index (χ0) is 6.32. The quantitative estimate of drug-likeness (QED) is 0.430. The van der Waals surface area contributed by atoms with E-state index in [0.29, 0.717) is 5.41 Å².